The van der Waals surface area contributed by atoms with E-state index in [0.29, 0.717) is 21.9 Å². The van der Waals surface area contributed by atoms with Gasteiger partial charge in [0.25, 0.3) is 5.91 Å². The van der Waals surface area contributed by atoms with Crippen LogP contribution in [0.15, 0.2) is 35.7 Å². The molecule has 2 rings (SSSR count). The molecule has 1 N–H and O–H groups in total. The van der Waals surface area contributed by atoms with Gasteiger partial charge in [-0.15, -0.1) is 11.3 Å². The van der Waals surface area contributed by atoms with Crippen LogP contribution in [0.5, 0.6) is 5.75 Å². The highest BCUT2D eigenvalue weighted by molar-refractivity contribution is 7.14. The second-order valence-corrected chi connectivity index (χ2v) is 4.73. The molecule has 0 aliphatic heterocycles. The van der Waals surface area contributed by atoms with Crippen LogP contribution in [-0.4, -0.2) is 26.1 Å². The molecule has 5 nitrogen and oxygen atoms in total. The zero-order chi connectivity index (χ0) is 14.5. The topological polar surface area (TPSA) is 64.6 Å². The Hall–Kier alpha value is -2.34. The number of nitrogens with one attached hydrogen (secondary N) is 1. The molecule has 0 unspecified atom stereocenters. The number of ether oxygens (including phenoxy) is 2. The van der Waals surface area contributed by atoms with Crippen LogP contribution in [-0.2, 0) is 4.74 Å². The average molecular weight is 291 g/mol. The molecule has 0 radical (unpaired) electrons. The second kappa shape index (κ2) is 6.21. The molecule has 0 fully saturated rings. The summed E-state index contributed by atoms with van der Waals surface area (Å²) in [6.07, 6.45) is 0. The number of hydrogen-bond acceptors (Lipinski definition) is 5. The summed E-state index contributed by atoms with van der Waals surface area (Å²) < 4.78 is 9.79. The van der Waals surface area contributed by atoms with Gasteiger partial charge in [0.1, 0.15) is 10.8 Å². The van der Waals surface area contributed by atoms with Gasteiger partial charge in [0.2, 0.25) is 0 Å². The first-order valence-corrected chi connectivity index (χ1v) is 6.65. The van der Waals surface area contributed by atoms with E-state index >= 15 is 0 Å². The van der Waals surface area contributed by atoms with Crippen LogP contribution in [0.3, 0.4) is 0 Å². The maximum absolute atomic E-state index is 12.2. The molecule has 20 heavy (non-hydrogen) atoms. The van der Waals surface area contributed by atoms with E-state index in [0.717, 1.165) is 0 Å². The minimum absolute atomic E-state index is 0.334. The van der Waals surface area contributed by atoms with Crippen LogP contribution in [0.1, 0.15) is 20.7 Å². The van der Waals surface area contributed by atoms with Crippen molar-refractivity contribution < 1.29 is 19.1 Å². The van der Waals surface area contributed by atoms with E-state index in [9.17, 15) is 9.59 Å². The van der Waals surface area contributed by atoms with Crippen molar-refractivity contribution in [2.24, 2.45) is 0 Å². The van der Waals surface area contributed by atoms with Crippen LogP contribution in [0.25, 0.3) is 0 Å². The Kier molecular flexibility index (Phi) is 4.37. The highest BCUT2D eigenvalue weighted by atomic mass is 32.1. The predicted octanol–water partition coefficient (Wildman–Crippen LogP) is 2.80. The molecular weight excluding hydrogens is 278 g/mol. The maximum atomic E-state index is 12.2. The largest absolute Gasteiger partial charge is 0.496 e. The lowest BCUT2D eigenvalue weighted by molar-refractivity contribution is 0.0602. The first-order valence-electron chi connectivity index (χ1n) is 5.77. The van der Waals surface area contributed by atoms with Crippen LogP contribution in [0.2, 0.25) is 0 Å². The number of rotatable bonds is 4. The first kappa shape index (κ1) is 14.1. The van der Waals surface area contributed by atoms with Gasteiger partial charge in [-0.3, -0.25) is 4.79 Å². The summed E-state index contributed by atoms with van der Waals surface area (Å²) in [5.41, 5.74) is 0.736. The van der Waals surface area contributed by atoms with E-state index < -0.39 is 5.97 Å². The van der Waals surface area contributed by atoms with Gasteiger partial charge in [0.05, 0.1) is 25.3 Å². The number of anilines is 1. The molecule has 0 aliphatic rings. The van der Waals surface area contributed by atoms with E-state index in [1.165, 1.54) is 25.6 Å². The number of methoxy groups -OCH3 is 2. The van der Waals surface area contributed by atoms with E-state index in [1.54, 1.807) is 35.7 Å². The molecule has 1 aromatic carbocycles. The summed E-state index contributed by atoms with van der Waals surface area (Å²) in [5.74, 6) is -0.349. The molecule has 2 aromatic rings. The summed E-state index contributed by atoms with van der Waals surface area (Å²) in [7, 11) is 2.79. The van der Waals surface area contributed by atoms with Crippen molar-refractivity contribution in [3.63, 3.8) is 0 Å². The van der Waals surface area contributed by atoms with Crippen LogP contribution >= 0.6 is 11.3 Å². The number of hydrogen-bond donors (Lipinski definition) is 1. The Balaban J connectivity index is 2.24. The van der Waals surface area contributed by atoms with Crippen molar-refractivity contribution in [3.8, 4) is 5.75 Å². The molecule has 0 atom stereocenters. The molecule has 104 valence electrons. The highest BCUT2D eigenvalue weighted by Crippen LogP contribution is 2.26. The minimum Gasteiger partial charge on any atom is -0.496 e. The van der Waals surface area contributed by atoms with Crippen LogP contribution < -0.4 is 10.1 Å². The summed E-state index contributed by atoms with van der Waals surface area (Å²) in [6, 6.07) is 8.48. The molecule has 6 heteroatoms. The Labute approximate surface area is 120 Å². The van der Waals surface area contributed by atoms with Crippen molar-refractivity contribution in [2.75, 3.05) is 19.5 Å². The van der Waals surface area contributed by atoms with Crippen molar-refractivity contribution >= 4 is 28.2 Å². The number of para-hydroxylation sites is 1. The molecule has 0 saturated carbocycles. The predicted molar refractivity (Wildman–Crippen MR) is 76.6 cm³/mol. The molecule has 1 amide bonds. The number of esters is 1. The monoisotopic (exact) mass is 291 g/mol. The third kappa shape index (κ3) is 2.80. The summed E-state index contributed by atoms with van der Waals surface area (Å²) in [5, 5.41) is 4.86. The SMILES string of the molecule is COC(=O)c1ccsc1NC(=O)c1ccccc1OC. The van der Waals surface area contributed by atoms with Gasteiger partial charge >= 0.3 is 5.97 Å². The Morgan fingerprint density at radius 2 is 1.85 bits per heavy atom. The average Bonchev–Trinajstić information content (AvgIpc) is 2.94. The summed E-state index contributed by atoms with van der Waals surface area (Å²) >= 11 is 1.26. The normalized spacial score (nSPS) is 9.90. The van der Waals surface area contributed by atoms with Gasteiger partial charge in [0, 0.05) is 0 Å². The fraction of sp³-hybridized carbons (Fsp3) is 0.143. The molecule has 0 spiro atoms. The van der Waals surface area contributed by atoms with Crippen molar-refractivity contribution in [2.45, 2.75) is 0 Å². The first-order chi connectivity index (χ1) is 9.67. The number of carbonyl (C=O) groups excluding carboxylic acids is 2. The lowest BCUT2D eigenvalue weighted by Gasteiger charge is -2.08. The Morgan fingerprint density at radius 1 is 1.10 bits per heavy atom. The number of thiophene rings is 1. The number of amides is 1. The van der Waals surface area contributed by atoms with E-state index in [2.05, 4.69) is 10.1 Å². The van der Waals surface area contributed by atoms with E-state index in [4.69, 9.17) is 4.74 Å². The van der Waals surface area contributed by atoms with Crippen molar-refractivity contribution in [3.05, 3.63) is 46.8 Å². The van der Waals surface area contributed by atoms with Gasteiger partial charge in [-0.25, -0.2) is 4.79 Å². The Bertz CT molecular complexity index is 636. The number of carbonyl (C=O) groups is 2. The molecule has 0 bridgehead atoms. The Morgan fingerprint density at radius 3 is 2.55 bits per heavy atom. The fourth-order valence-electron chi connectivity index (χ4n) is 1.68. The lowest BCUT2D eigenvalue weighted by atomic mass is 10.2. The standard InChI is InChI=1S/C14H13NO4S/c1-18-11-6-4-3-5-9(11)12(16)15-13-10(7-8-20-13)14(17)19-2/h3-8H,1-2H3,(H,15,16). The molecule has 1 aromatic heterocycles. The zero-order valence-electron chi connectivity index (χ0n) is 11.0. The van der Waals surface area contributed by atoms with Gasteiger partial charge in [-0.1, -0.05) is 12.1 Å². The smallest absolute Gasteiger partial charge is 0.340 e. The quantitative estimate of drug-likeness (QED) is 0.880. The zero-order valence-corrected chi connectivity index (χ0v) is 11.8. The van der Waals surface area contributed by atoms with E-state index in [1.807, 2.05) is 0 Å². The van der Waals surface area contributed by atoms with E-state index in [-0.39, 0.29) is 5.91 Å². The third-order valence-corrected chi connectivity index (χ3v) is 3.48. The summed E-state index contributed by atoms with van der Waals surface area (Å²) in [6.45, 7) is 0. The minimum atomic E-state index is -0.485. The second-order valence-electron chi connectivity index (χ2n) is 3.81. The third-order valence-electron chi connectivity index (χ3n) is 2.65. The lowest BCUT2D eigenvalue weighted by Crippen LogP contribution is -2.14. The number of benzene rings is 1. The van der Waals surface area contributed by atoms with Gasteiger partial charge < -0.3 is 14.8 Å². The summed E-state index contributed by atoms with van der Waals surface area (Å²) in [4.78, 5) is 23.8. The molecular formula is C14H13NO4S. The van der Waals surface area contributed by atoms with Gasteiger partial charge in [-0.05, 0) is 23.6 Å². The van der Waals surface area contributed by atoms with Crippen LogP contribution in [0.4, 0.5) is 5.00 Å². The molecule has 1 heterocycles. The van der Waals surface area contributed by atoms with Crippen molar-refractivity contribution in [1.82, 2.24) is 0 Å². The maximum Gasteiger partial charge on any atom is 0.340 e. The van der Waals surface area contributed by atoms with Crippen molar-refractivity contribution in [1.29, 1.82) is 0 Å². The molecule has 0 aliphatic carbocycles. The van der Waals surface area contributed by atoms with Crippen LogP contribution in [0, 0.1) is 0 Å². The van der Waals surface area contributed by atoms with Gasteiger partial charge in [-0.2, -0.15) is 0 Å². The highest BCUT2D eigenvalue weighted by Gasteiger charge is 2.17. The molecule has 0 saturated heterocycles. The fourth-order valence-corrected chi connectivity index (χ4v) is 2.45. The van der Waals surface area contributed by atoms with Gasteiger partial charge in [0.15, 0.2) is 0 Å².